The van der Waals surface area contributed by atoms with Crippen molar-refractivity contribution in [3.63, 3.8) is 0 Å². The van der Waals surface area contributed by atoms with E-state index in [1.807, 2.05) is 25.1 Å². The van der Waals surface area contributed by atoms with E-state index >= 15 is 0 Å². The lowest BCUT2D eigenvalue weighted by molar-refractivity contribution is 0.228. The third-order valence-corrected chi connectivity index (χ3v) is 3.44. The van der Waals surface area contributed by atoms with E-state index in [1.165, 1.54) is 0 Å². The minimum absolute atomic E-state index is 0.0201. The average molecular weight is 278 g/mol. The summed E-state index contributed by atoms with van der Waals surface area (Å²) in [5, 5.41) is 14.6. The molecule has 6 nitrogen and oxygen atoms in total. The van der Waals surface area contributed by atoms with Crippen LogP contribution >= 0.6 is 0 Å². The zero-order valence-corrected chi connectivity index (χ0v) is 11.7. The SMILES string of the molecule is CC(CCO)NC(=O)NC1CCN(c2ccccn2)C1. The molecule has 20 heavy (non-hydrogen) atoms. The summed E-state index contributed by atoms with van der Waals surface area (Å²) in [6.07, 6.45) is 3.26. The molecule has 0 aliphatic carbocycles. The van der Waals surface area contributed by atoms with Crippen LogP contribution < -0.4 is 15.5 Å². The first-order valence-corrected chi connectivity index (χ1v) is 7.03. The van der Waals surface area contributed by atoms with Gasteiger partial charge < -0.3 is 20.6 Å². The molecular weight excluding hydrogens is 256 g/mol. The fourth-order valence-electron chi connectivity index (χ4n) is 2.34. The summed E-state index contributed by atoms with van der Waals surface area (Å²) in [6, 6.07) is 5.79. The zero-order valence-electron chi connectivity index (χ0n) is 11.7. The van der Waals surface area contributed by atoms with Crippen LogP contribution in [0, 0.1) is 0 Å². The summed E-state index contributed by atoms with van der Waals surface area (Å²) in [7, 11) is 0. The van der Waals surface area contributed by atoms with Gasteiger partial charge in [0.2, 0.25) is 0 Å². The number of urea groups is 1. The number of nitrogens with one attached hydrogen (secondary N) is 2. The maximum Gasteiger partial charge on any atom is 0.315 e. The molecule has 3 N–H and O–H groups in total. The third kappa shape index (κ3) is 4.09. The van der Waals surface area contributed by atoms with Crippen molar-refractivity contribution in [2.24, 2.45) is 0 Å². The predicted octanol–water partition coefficient (Wildman–Crippen LogP) is 0.730. The summed E-state index contributed by atoms with van der Waals surface area (Å²) in [5.41, 5.74) is 0. The minimum atomic E-state index is -0.168. The number of nitrogens with zero attached hydrogens (tertiary/aromatic N) is 2. The van der Waals surface area contributed by atoms with Crippen LogP contribution in [-0.4, -0.2) is 47.9 Å². The molecule has 1 saturated heterocycles. The molecule has 1 fully saturated rings. The fourth-order valence-corrected chi connectivity index (χ4v) is 2.34. The predicted molar refractivity (Wildman–Crippen MR) is 77.7 cm³/mol. The van der Waals surface area contributed by atoms with Gasteiger partial charge in [-0.05, 0) is 31.9 Å². The van der Waals surface area contributed by atoms with Gasteiger partial charge in [0.1, 0.15) is 5.82 Å². The molecule has 1 aliphatic heterocycles. The summed E-state index contributed by atoms with van der Waals surface area (Å²) in [5.74, 6) is 0.950. The van der Waals surface area contributed by atoms with E-state index in [9.17, 15) is 4.79 Å². The number of aliphatic hydroxyl groups is 1. The van der Waals surface area contributed by atoms with Crippen LogP contribution in [0.2, 0.25) is 0 Å². The van der Waals surface area contributed by atoms with E-state index in [0.29, 0.717) is 6.42 Å². The van der Waals surface area contributed by atoms with Crippen LogP contribution in [0.4, 0.5) is 10.6 Å². The third-order valence-electron chi connectivity index (χ3n) is 3.44. The van der Waals surface area contributed by atoms with Gasteiger partial charge in [-0.1, -0.05) is 6.07 Å². The first kappa shape index (κ1) is 14.6. The van der Waals surface area contributed by atoms with Crippen LogP contribution in [0.5, 0.6) is 0 Å². The second-order valence-corrected chi connectivity index (χ2v) is 5.15. The molecular formula is C14H22N4O2. The molecule has 0 bridgehead atoms. The molecule has 0 radical (unpaired) electrons. The number of aliphatic hydroxyl groups excluding tert-OH is 1. The standard InChI is InChI=1S/C14H22N4O2/c1-11(6-9-19)16-14(20)17-12-5-8-18(10-12)13-4-2-3-7-15-13/h2-4,7,11-12,19H,5-6,8-10H2,1H3,(H2,16,17,20). The first-order valence-electron chi connectivity index (χ1n) is 7.03. The van der Waals surface area contributed by atoms with Crippen molar-refractivity contribution < 1.29 is 9.90 Å². The van der Waals surface area contributed by atoms with Crippen molar-refractivity contribution in [3.8, 4) is 0 Å². The molecule has 1 aromatic rings. The zero-order chi connectivity index (χ0) is 14.4. The molecule has 0 aromatic carbocycles. The Morgan fingerprint density at radius 3 is 3.15 bits per heavy atom. The Kier molecular flexibility index (Phi) is 5.17. The summed E-state index contributed by atoms with van der Waals surface area (Å²) >= 11 is 0. The van der Waals surface area contributed by atoms with Crippen molar-refractivity contribution in [2.45, 2.75) is 31.8 Å². The van der Waals surface area contributed by atoms with E-state index in [4.69, 9.17) is 5.11 Å². The number of amides is 2. The Morgan fingerprint density at radius 2 is 2.45 bits per heavy atom. The number of pyridine rings is 1. The van der Waals surface area contributed by atoms with Crippen molar-refractivity contribution in [1.29, 1.82) is 0 Å². The van der Waals surface area contributed by atoms with Gasteiger partial charge in [0.15, 0.2) is 0 Å². The normalized spacial score (nSPS) is 19.7. The molecule has 6 heteroatoms. The second-order valence-electron chi connectivity index (χ2n) is 5.15. The Balaban J connectivity index is 1.77. The number of hydrogen-bond donors (Lipinski definition) is 3. The van der Waals surface area contributed by atoms with Crippen LogP contribution in [0.1, 0.15) is 19.8 Å². The second kappa shape index (κ2) is 7.09. The number of aromatic nitrogens is 1. The van der Waals surface area contributed by atoms with Gasteiger partial charge in [-0.15, -0.1) is 0 Å². The number of rotatable bonds is 5. The molecule has 2 heterocycles. The Labute approximate surface area is 119 Å². The fraction of sp³-hybridized carbons (Fsp3) is 0.571. The van der Waals surface area contributed by atoms with Gasteiger partial charge in [0.05, 0.1) is 0 Å². The van der Waals surface area contributed by atoms with Crippen molar-refractivity contribution >= 4 is 11.8 Å². The van der Waals surface area contributed by atoms with Gasteiger partial charge in [0.25, 0.3) is 0 Å². The van der Waals surface area contributed by atoms with E-state index in [-0.39, 0.29) is 24.7 Å². The molecule has 2 atom stereocenters. The van der Waals surface area contributed by atoms with Crippen molar-refractivity contribution in [1.82, 2.24) is 15.6 Å². The van der Waals surface area contributed by atoms with Crippen LogP contribution in [0.3, 0.4) is 0 Å². The van der Waals surface area contributed by atoms with Gasteiger partial charge in [-0.2, -0.15) is 0 Å². The minimum Gasteiger partial charge on any atom is -0.396 e. The highest BCUT2D eigenvalue weighted by atomic mass is 16.3. The van der Waals surface area contributed by atoms with Gasteiger partial charge in [-0.3, -0.25) is 0 Å². The molecule has 0 spiro atoms. The number of anilines is 1. The van der Waals surface area contributed by atoms with Gasteiger partial charge >= 0.3 is 6.03 Å². The quantitative estimate of drug-likeness (QED) is 0.742. The van der Waals surface area contributed by atoms with E-state index in [1.54, 1.807) is 6.20 Å². The number of hydrogen-bond acceptors (Lipinski definition) is 4. The molecule has 2 rings (SSSR count). The number of carbonyl (C=O) groups excluding carboxylic acids is 1. The molecule has 1 aliphatic rings. The van der Waals surface area contributed by atoms with E-state index in [2.05, 4.69) is 20.5 Å². The molecule has 1 aromatic heterocycles. The van der Waals surface area contributed by atoms with E-state index in [0.717, 1.165) is 25.3 Å². The Morgan fingerprint density at radius 1 is 1.60 bits per heavy atom. The van der Waals surface area contributed by atoms with Gasteiger partial charge in [-0.25, -0.2) is 9.78 Å². The van der Waals surface area contributed by atoms with Crippen molar-refractivity contribution in [3.05, 3.63) is 24.4 Å². The summed E-state index contributed by atoms with van der Waals surface area (Å²) in [4.78, 5) is 18.3. The first-order chi connectivity index (χ1) is 9.69. The topological polar surface area (TPSA) is 77.5 Å². The summed E-state index contributed by atoms with van der Waals surface area (Å²) < 4.78 is 0. The van der Waals surface area contributed by atoms with Crippen LogP contribution in [-0.2, 0) is 0 Å². The van der Waals surface area contributed by atoms with Crippen LogP contribution in [0.15, 0.2) is 24.4 Å². The summed E-state index contributed by atoms with van der Waals surface area (Å²) in [6.45, 7) is 3.63. The maximum absolute atomic E-state index is 11.8. The molecule has 2 amide bonds. The highest BCUT2D eigenvalue weighted by molar-refractivity contribution is 5.74. The van der Waals surface area contributed by atoms with Crippen LogP contribution in [0.25, 0.3) is 0 Å². The maximum atomic E-state index is 11.8. The van der Waals surface area contributed by atoms with Gasteiger partial charge in [0, 0.05) is 38.0 Å². The Bertz CT molecular complexity index is 426. The Hall–Kier alpha value is -1.82. The average Bonchev–Trinajstić information content (AvgIpc) is 2.88. The highest BCUT2D eigenvalue weighted by Gasteiger charge is 2.24. The highest BCUT2D eigenvalue weighted by Crippen LogP contribution is 2.17. The monoisotopic (exact) mass is 278 g/mol. The molecule has 2 unspecified atom stereocenters. The number of carbonyl (C=O) groups is 1. The van der Waals surface area contributed by atoms with E-state index < -0.39 is 0 Å². The largest absolute Gasteiger partial charge is 0.396 e. The lowest BCUT2D eigenvalue weighted by Crippen LogP contribution is -2.46. The molecule has 0 saturated carbocycles. The lowest BCUT2D eigenvalue weighted by atomic mass is 10.2. The lowest BCUT2D eigenvalue weighted by Gasteiger charge is -2.19. The molecule has 110 valence electrons. The smallest absolute Gasteiger partial charge is 0.315 e. The van der Waals surface area contributed by atoms with Crippen molar-refractivity contribution in [2.75, 3.05) is 24.6 Å².